The van der Waals surface area contributed by atoms with Crippen LogP contribution >= 0.6 is 0 Å². The molecule has 8 heteroatoms. The highest BCUT2D eigenvalue weighted by atomic mass is 15.5. The summed E-state index contributed by atoms with van der Waals surface area (Å²) >= 11 is 0. The third kappa shape index (κ3) is 5.23. The molecule has 0 unspecified atom stereocenters. The zero-order valence-corrected chi connectivity index (χ0v) is 23.0. The molecule has 1 aliphatic heterocycles. The van der Waals surface area contributed by atoms with Crippen molar-refractivity contribution in [1.82, 2.24) is 35.1 Å². The topological polar surface area (TPSA) is 78.8 Å². The lowest BCUT2D eigenvalue weighted by molar-refractivity contribution is 0.235. The van der Waals surface area contributed by atoms with Crippen LogP contribution in [-0.2, 0) is 19.5 Å². The van der Waals surface area contributed by atoms with Gasteiger partial charge in [-0.2, -0.15) is 5.21 Å². The van der Waals surface area contributed by atoms with Crippen LogP contribution in [0, 0.1) is 11.3 Å². The molecule has 0 atom stereocenters. The first-order valence-corrected chi connectivity index (χ1v) is 13.9. The molecule has 2 aliphatic rings. The summed E-state index contributed by atoms with van der Waals surface area (Å²) < 4.78 is 2.50. The van der Waals surface area contributed by atoms with E-state index in [9.17, 15) is 0 Å². The Kier molecular flexibility index (Phi) is 6.51. The highest BCUT2D eigenvalue weighted by Gasteiger charge is 2.33. The van der Waals surface area contributed by atoms with Crippen molar-refractivity contribution in [2.75, 3.05) is 24.7 Å². The van der Waals surface area contributed by atoms with Crippen molar-refractivity contribution in [3.8, 4) is 22.5 Å². The van der Waals surface area contributed by atoms with Crippen molar-refractivity contribution in [3.05, 3.63) is 65.6 Å². The fraction of sp³-hybridized carbons (Fsp3) is 0.467. The SMILES string of the molecule is CCN1CN(CC2CC2)Cc2c1nc(CC(C)(C)C)n2Cc1ccc(-c2ccccc2-c2nn[nH]n2)cc1. The first-order valence-electron chi connectivity index (χ1n) is 13.9. The quantitative estimate of drug-likeness (QED) is 0.343. The van der Waals surface area contributed by atoms with Crippen molar-refractivity contribution >= 4 is 5.82 Å². The lowest BCUT2D eigenvalue weighted by Gasteiger charge is -2.36. The molecular weight excluding hydrogens is 472 g/mol. The molecule has 0 spiro atoms. The summed E-state index contributed by atoms with van der Waals surface area (Å²) in [5.74, 6) is 3.87. The molecule has 198 valence electrons. The third-order valence-corrected chi connectivity index (χ3v) is 7.58. The summed E-state index contributed by atoms with van der Waals surface area (Å²) in [7, 11) is 0. The van der Waals surface area contributed by atoms with Gasteiger partial charge in [0.05, 0.1) is 12.4 Å². The van der Waals surface area contributed by atoms with Gasteiger partial charge in [0.1, 0.15) is 5.82 Å². The van der Waals surface area contributed by atoms with Gasteiger partial charge in [-0.3, -0.25) is 4.90 Å². The third-order valence-electron chi connectivity index (χ3n) is 7.58. The molecule has 8 nitrogen and oxygen atoms in total. The van der Waals surface area contributed by atoms with E-state index in [2.05, 4.69) is 99.1 Å². The monoisotopic (exact) mass is 510 g/mol. The van der Waals surface area contributed by atoms with Crippen LogP contribution in [0.5, 0.6) is 0 Å². The Balaban J connectivity index is 1.32. The number of benzene rings is 2. The predicted octanol–water partition coefficient (Wildman–Crippen LogP) is 5.38. The maximum absolute atomic E-state index is 5.26. The maximum atomic E-state index is 5.26. The molecule has 1 fully saturated rings. The van der Waals surface area contributed by atoms with Gasteiger partial charge in [-0.15, -0.1) is 10.2 Å². The molecule has 6 rings (SSSR count). The summed E-state index contributed by atoms with van der Waals surface area (Å²) in [6.45, 7) is 14.1. The van der Waals surface area contributed by atoms with E-state index in [-0.39, 0.29) is 5.41 Å². The number of anilines is 1. The van der Waals surface area contributed by atoms with Gasteiger partial charge in [0.25, 0.3) is 0 Å². The van der Waals surface area contributed by atoms with Crippen LogP contribution in [0.25, 0.3) is 22.5 Å². The van der Waals surface area contributed by atoms with E-state index in [1.165, 1.54) is 42.3 Å². The summed E-state index contributed by atoms with van der Waals surface area (Å²) in [5, 5.41) is 14.7. The van der Waals surface area contributed by atoms with Crippen LogP contribution in [0.15, 0.2) is 48.5 Å². The van der Waals surface area contributed by atoms with Crippen LogP contribution in [0.3, 0.4) is 0 Å². The first-order chi connectivity index (χ1) is 18.4. The number of H-pyrrole nitrogens is 1. The smallest absolute Gasteiger partial charge is 0.205 e. The minimum Gasteiger partial charge on any atom is -0.342 e. The zero-order valence-electron chi connectivity index (χ0n) is 23.0. The Hall–Kier alpha value is -3.52. The molecular formula is C30H38N8. The largest absolute Gasteiger partial charge is 0.342 e. The number of tetrazole rings is 1. The lowest BCUT2D eigenvalue weighted by atomic mass is 9.92. The van der Waals surface area contributed by atoms with Crippen LogP contribution in [0.2, 0.25) is 0 Å². The lowest BCUT2D eigenvalue weighted by Crippen LogP contribution is -2.43. The van der Waals surface area contributed by atoms with Crippen molar-refractivity contribution < 1.29 is 0 Å². The molecule has 0 bridgehead atoms. The van der Waals surface area contributed by atoms with Gasteiger partial charge in [0.2, 0.25) is 5.82 Å². The van der Waals surface area contributed by atoms with E-state index < -0.39 is 0 Å². The molecule has 4 aromatic rings. The fourth-order valence-electron chi connectivity index (χ4n) is 5.51. The predicted molar refractivity (Wildman–Crippen MR) is 151 cm³/mol. The highest BCUT2D eigenvalue weighted by Crippen LogP contribution is 2.35. The fourth-order valence-corrected chi connectivity index (χ4v) is 5.51. The number of hydrogen-bond acceptors (Lipinski definition) is 6. The second-order valence-corrected chi connectivity index (χ2v) is 12.1. The highest BCUT2D eigenvalue weighted by molar-refractivity contribution is 5.80. The van der Waals surface area contributed by atoms with Crippen LogP contribution in [0.4, 0.5) is 5.82 Å². The molecule has 38 heavy (non-hydrogen) atoms. The molecule has 0 saturated heterocycles. The van der Waals surface area contributed by atoms with Gasteiger partial charge in [-0.25, -0.2) is 4.98 Å². The minimum absolute atomic E-state index is 0.166. The summed E-state index contributed by atoms with van der Waals surface area (Å²) in [4.78, 5) is 10.3. The zero-order chi connectivity index (χ0) is 26.3. The van der Waals surface area contributed by atoms with E-state index in [4.69, 9.17) is 4.98 Å². The van der Waals surface area contributed by atoms with E-state index in [0.717, 1.165) is 55.3 Å². The molecule has 2 aromatic carbocycles. The first kappa shape index (κ1) is 24.8. The number of aromatic nitrogens is 6. The van der Waals surface area contributed by atoms with Gasteiger partial charge < -0.3 is 9.47 Å². The van der Waals surface area contributed by atoms with Crippen LogP contribution in [0.1, 0.15) is 57.6 Å². The molecule has 2 aromatic heterocycles. The number of aromatic amines is 1. The van der Waals surface area contributed by atoms with E-state index in [0.29, 0.717) is 5.82 Å². The van der Waals surface area contributed by atoms with Crippen molar-refractivity contribution in [2.24, 2.45) is 11.3 Å². The van der Waals surface area contributed by atoms with Gasteiger partial charge in [0, 0.05) is 38.2 Å². The Morgan fingerprint density at radius 1 is 1.00 bits per heavy atom. The van der Waals surface area contributed by atoms with Gasteiger partial charge in [0.15, 0.2) is 5.82 Å². The Bertz CT molecular complexity index is 1380. The van der Waals surface area contributed by atoms with Gasteiger partial charge in [-0.1, -0.05) is 69.3 Å². The van der Waals surface area contributed by atoms with Crippen LogP contribution < -0.4 is 4.90 Å². The number of fused-ring (bicyclic) bond motifs is 1. The Morgan fingerprint density at radius 2 is 1.76 bits per heavy atom. The summed E-state index contributed by atoms with van der Waals surface area (Å²) in [5.41, 5.74) is 6.03. The molecule has 0 amide bonds. The number of nitrogens with zero attached hydrogens (tertiary/aromatic N) is 7. The number of nitrogens with one attached hydrogen (secondary N) is 1. The summed E-state index contributed by atoms with van der Waals surface area (Å²) in [6.07, 6.45) is 3.72. The molecule has 1 N–H and O–H groups in total. The summed E-state index contributed by atoms with van der Waals surface area (Å²) in [6, 6.07) is 17.1. The Labute approximate surface area is 225 Å². The number of hydrogen-bond donors (Lipinski definition) is 1. The maximum Gasteiger partial charge on any atom is 0.205 e. The van der Waals surface area contributed by atoms with E-state index >= 15 is 0 Å². The standard InChI is InChI=1S/C30H38N8/c1-5-37-20-36(17-21-10-11-21)19-26-29(37)31-27(16-30(2,3)4)38(26)18-22-12-14-23(15-13-22)24-8-6-7-9-25(24)28-32-34-35-33-28/h6-9,12-15,21H,5,10-11,16-20H2,1-4H3,(H,32,33,34,35). The average molecular weight is 511 g/mol. The second kappa shape index (κ2) is 9.98. The number of rotatable bonds is 8. The molecule has 0 radical (unpaired) electrons. The van der Waals surface area contributed by atoms with E-state index in [1.807, 2.05) is 12.1 Å². The molecule has 1 aliphatic carbocycles. The van der Waals surface area contributed by atoms with Gasteiger partial charge in [-0.05, 0) is 53.0 Å². The normalized spacial score (nSPS) is 16.2. The Morgan fingerprint density at radius 3 is 2.42 bits per heavy atom. The minimum atomic E-state index is 0.166. The van der Waals surface area contributed by atoms with Crippen LogP contribution in [-0.4, -0.2) is 54.8 Å². The van der Waals surface area contributed by atoms with Gasteiger partial charge >= 0.3 is 0 Å². The van der Waals surface area contributed by atoms with E-state index in [1.54, 1.807) is 0 Å². The average Bonchev–Trinajstić information content (AvgIpc) is 3.42. The molecule has 1 saturated carbocycles. The molecule has 3 heterocycles. The number of imidazole rings is 1. The van der Waals surface area contributed by atoms with Crippen molar-refractivity contribution in [1.29, 1.82) is 0 Å². The second-order valence-electron chi connectivity index (χ2n) is 12.1. The van der Waals surface area contributed by atoms with Crippen molar-refractivity contribution in [2.45, 2.75) is 60.0 Å². The van der Waals surface area contributed by atoms with Crippen molar-refractivity contribution in [3.63, 3.8) is 0 Å².